The van der Waals surface area contributed by atoms with Gasteiger partial charge in [0.2, 0.25) is 0 Å². The summed E-state index contributed by atoms with van der Waals surface area (Å²) in [4.78, 5) is 15.9. The van der Waals surface area contributed by atoms with E-state index in [2.05, 4.69) is 43.1 Å². The Kier molecular flexibility index (Phi) is 6.48. The van der Waals surface area contributed by atoms with Gasteiger partial charge in [0.25, 0.3) is 5.91 Å². The van der Waals surface area contributed by atoms with E-state index in [9.17, 15) is 4.79 Å². The first-order chi connectivity index (χ1) is 13.9. The first-order valence-electron chi connectivity index (χ1n) is 10.2. The third-order valence-electron chi connectivity index (χ3n) is 6.06. The van der Waals surface area contributed by atoms with Crippen molar-refractivity contribution in [2.45, 2.75) is 51.2 Å². The van der Waals surface area contributed by atoms with Crippen LogP contribution in [-0.4, -0.2) is 43.2 Å². The van der Waals surface area contributed by atoms with E-state index in [0.29, 0.717) is 23.1 Å². The predicted molar refractivity (Wildman–Crippen MR) is 116 cm³/mol. The van der Waals surface area contributed by atoms with Gasteiger partial charge in [-0.1, -0.05) is 36.4 Å². The minimum Gasteiger partial charge on any atom is -0.496 e. The minimum atomic E-state index is -0.262. The molecule has 0 aromatic heterocycles. The standard InChI is InChI=1S/C24H32N2O3/c1-17-11-10-16-26(17)24(2,3)22(18-12-7-6-8-13-18)25-23(27)21-19(28-4)14-9-15-20(21)29-5/h6-9,12-15,17,22H,10-11,16H2,1-5H3,(H,25,27). The zero-order valence-electron chi connectivity index (χ0n) is 18.1. The number of nitrogens with zero attached hydrogens (tertiary/aromatic N) is 1. The second-order valence-corrected chi connectivity index (χ2v) is 8.19. The molecule has 1 fully saturated rings. The lowest BCUT2D eigenvalue weighted by atomic mass is 9.86. The molecule has 1 aliphatic rings. The van der Waals surface area contributed by atoms with Crippen LogP contribution in [0.5, 0.6) is 11.5 Å². The van der Waals surface area contributed by atoms with Crippen molar-refractivity contribution in [3.05, 3.63) is 59.7 Å². The molecule has 0 aliphatic carbocycles. The minimum absolute atomic E-state index is 0.189. The number of hydrogen-bond acceptors (Lipinski definition) is 4. The number of likely N-dealkylation sites (tertiary alicyclic amines) is 1. The number of rotatable bonds is 7. The van der Waals surface area contributed by atoms with E-state index < -0.39 is 0 Å². The summed E-state index contributed by atoms with van der Waals surface area (Å²) in [6.45, 7) is 7.73. The summed E-state index contributed by atoms with van der Waals surface area (Å²) in [6.07, 6.45) is 2.36. The highest BCUT2D eigenvalue weighted by molar-refractivity contribution is 6.00. The Morgan fingerprint density at radius 1 is 1.07 bits per heavy atom. The molecule has 3 rings (SSSR count). The van der Waals surface area contributed by atoms with Crippen LogP contribution in [0.2, 0.25) is 0 Å². The van der Waals surface area contributed by atoms with Gasteiger partial charge in [-0.3, -0.25) is 9.69 Å². The third-order valence-corrected chi connectivity index (χ3v) is 6.06. The summed E-state index contributed by atoms with van der Waals surface area (Å²) < 4.78 is 10.9. The van der Waals surface area contributed by atoms with Crippen molar-refractivity contribution in [3.8, 4) is 11.5 Å². The van der Waals surface area contributed by atoms with Gasteiger partial charge >= 0.3 is 0 Å². The van der Waals surface area contributed by atoms with E-state index in [1.165, 1.54) is 12.8 Å². The van der Waals surface area contributed by atoms with E-state index >= 15 is 0 Å². The van der Waals surface area contributed by atoms with Crippen molar-refractivity contribution in [1.82, 2.24) is 10.2 Å². The predicted octanol–water partition coefficient (Wildman–Crippen LogP) is 4.44. The molecule has 156 valence electrons. The van der Waals surface area contributed by atoms with E-state index in [0.717, 1.165) is 12.1 Å². The number of benzene rings is 2. The van der Waals surface area contributed by atoms with Gasteiger partial charge in [-0.25, -0.2) is 0 Å². The van der Waals surface area contributed by atoms with Crippen LogP contribution in [0.4, 0.5) is 0 Å². The molecule has 1 N–H and O–H groups in total. The smallest absolute Gasteiger partial charge is 0.259 e. The van der Waals surface area contributed by atoms with E-state index in [-0.39, 0.29) is 17.5 Å². The number of methoxy groups -OCH3 is 2. The largest absolute Gasteiger partial charge is 0.496 e. The van der Waals surface area contributed by atoms with Crippen molar-refractivity contribution >= 4 is 5.91 Å². The summed E-state index contributed by atoms with van der Waals surface area (Å²) in [7, 11) is 3.13. The molecule has 2 unspecified atom stereocenters. The lowest BCUT2D eigenvalue weighted by Crippen LogP contribution is -2.54. The average Bonchev–Trinajstić information content (AvgIpc) is 3.18. The first-order valence-corrected chi connectivity index (χ1v) is 10.2. The van der Waals surface area contributed by atoms with Gasteiger partial charge in [0.05, 0.1) is 20.3 Å². The van der Waals surface area contributed by atoms with Crippen molar-refractivity contribution in [2.75, 3.05) is 20.8 Å². The highest BCUT2D eigenvalue weighted by Crippen LogP contribution is 2.37. The first kappa shape index (κ1) is 21.2. The molecular formula is C24H32N2O3. The van der Waals surface area contributed by atoms with Crippen LogP contribution in [0.3, 0.4) is 0 Å². The number of carbonyl (C=O) groups is 1. The van der Waals surface area contributed by atoms with Crippen LogP contribution >= 0.6 is 0 Å². The molecule has 1 aliphatic heterocycles. The van der Waals surface area contributed by atoms with Gasteiger partial charge in [-0.2, -0.15) is 0 Å². The Morgan fingerprint density at radius 3 is 2.21 bits per heavy atom. The molecule has 1 amide bonds. The fourth-order valence-corrected chi connectivity index (χ4v) is 4.55. The molecule has 5 nitrogen and oxygen atoms in total. The Balaban J connectivity index is 2.00. The molecule has 0 bridgehead atoms. The van der Waals surface area contributed by atoms with Crippen LogP contribution in [0, 0.1) is 0 Å². The van der Waals surface area contributed by atoms with Crippen LogP contribution in [0.1, 0.15) is 55.6 Å². The molecule has 0 spiro atoms. The van der Waals surface area contributed by atoms with Gasteiger partial charge in [0.15, 0.2) is 0 Å². The molecule has 2 aromatic carbocycles. The highest BCUT2D eigenvalue weighted by Gasteiger charge is 2.41. The molecule has 2 aromatic rings. The van der Waals surface area contributed by atoms with Crippen LogP contribution in [0.25, 0.3) is 0 Å². The van der Waals surface area contributed by atoms with Gasteiger partial charge in [0.1, 0.15) is 17.1 Å². The second kappa shape index (κ2) is 8.87. The topological polar surface area (TPSA) is 50.8 Å². The van der Waals surface area contributed by atoms with Gasteiger partial charge in [-0.15, -0.1) is 0 Å². The van der Waals surface area contributed by atoms with Crippen molar-refractivity contribution in [1.29, 1.82) is 0 Å². The van der Waals surface area contributed by atoms with Crippen LogP contribution in [-0.2, 0) is 0 Å². The quantitative estimate of drug-likeness (QED) is 0.752. The fraction of sp³-hybridized carbons (Fsp3) is 0.458. The van der Waals surface area contributed by atoms with Gasteiger partial charge in [0, 0.05) is 11.6 Å². The Hall–Kier alpha value is -2.53. The number of carbonyl (C=O) groups excluding carboxylic acids is 1. The van der Waals surface area contributed by atoms with Crippen LogP contribution < -0.4 is 14.8 Å². The van der Waals surface area contributed by atoms with Gasteiger partial charge in [-0.05, 0) is 57.9 Å². The Labute approximate surface area is 174 Å². The monoisotopic (exact) mass is 396 g/mol. The number of nitrogens with one attached hydrogen (secondary N) is 1. The highest BCUT2D eigenvalue weighted by atomic mass is 16.5. The number of amides is 1. The summed E-state index contributed by atoms with van der Waals surface area (Å²) >= 11 is 0. The molecule has 1 saturated heterocycles. The van der Waals surface area contributed by atoms with E-state index in [1.54, 1.807) is 26.4 Å². The number of ether oxygens (including phenoxy) is 2. The van der Waals surface area contributed by atoms with Crippen molar-refractivity contribution < 1.29 is 14.3 Å². The maximum absolute atomic E-state index is 13.4. The summed E-state index contributed by atoms with van der Waals surface area (Å²) in [5.41, 5.74) is 1.24. The zero-order chi connectivity index (χ0) is 21.0. The molecule has 0 radical (unpaired) electrons. The molecule has 0 saturated carbocycles. The molecular weight excluding hydrogens is 364 g/mol. The third kappa shape index (κ3) is 4.25. The lowest BCUT2D eigenvalue weighted by Gasteiger charge is -2.45. The average molecular weight is 397 g/mol. The van der Waals surface area contributed by atoms with E-state index in [1.807, 2.05) is 24.3 Å². The molecule has 5 heteroatoms. The molecule has 2 atom stereocenters. The number of hydrogen-bond donors (Lipinski definition) is 1. The fourth-order valence-electron chi connectivity index (χ4n) is 4.55. The Bertz CT molecular complexity index is 813. The normalized spacial score (nSPS) is 18.3. The maximum atomic E-state index is 13.4. The van der Waals surface area contributed by atoms with E-state index in [4.69, 9.17) is 9.47 Å². The summed E-state index contributed by atoms with van der Waals surface area (Å²) in [6, 6.07) is 15.9. The second-order valence-electron chi connectivity index (χ2n) is 8.19. The zero-order valence-corrected chi connectivity index (χ0v) is 18.1. The summed E-state index contributed by atoms with van der Waals surface area (Å²) in [5, 5.41) is 3.30. The lowest BCUT2D eigenvalue weighted by molar-refractivity contribution is 0.0629. The molecule has 29 heavy (non-hydrogen) atoms. The Morgan fingerprint density at radius 2 is 1.69 bits per heavy atom. The molecule has 1 heterocycles. The van der Waals surface area contributed by atoms with Crippen LogP contribution in [0.15, 0.2) is 48.5 Å². The SMILES string of the molecule is COc1cccc(OC)c1C(=O)NC(c1ccccc1)C(C)(C)N1CCCC1C. The van der Waals surface area contributed by atoms with Crippen molar-refractivity contribution in [3.63, 3.8) is 0 Å². The van der Waals surface area contributed by atoms with Gasteiger partial charge < -0.3 is 14.8 Å². The van der Waals surface area contributed by atoms with Crippen molar-refractivity contribution in [2.24, 2.45) is 0 Å². The maximum Gasteiger partial charge on any atom is 0.259 e. The summed E-state index contributed by atoms with van der Waals surface area (Å²) in [5.74, 6) is 0.801.